The van der Waals surface area contributed by atoms with Gasteiger partial charge < -0.3 is 14.8 Å². The molecule has 1 aliphatic heterocycles. The minimum absolute atomic E-state index is 0.346. The van der Waals surface area contributed by atoms with E-state index >= 15 is 0 Å². The van der Waals surface area contributed by atoms with Crippen LogP contribution < -0.4 is 5.32 Å². The Kier molecular flexibility index (Phi) is 3.91. The average Bonchev–Trinajstić information content (AvgIpc) is 3.18. The lowest BCUT2D eigenvalue weighted by molar-refractivity contribution is 0.103. The molecule has 5 atom stereocenters. The van der Waals surface area contributed by atoms with Crippen LogP contribution in [0.5, 0.6) is 0 Å². The summed E-state index contributed by atoms with van der Waals surface area (Å²) in [5, 5.41) is 3.01. The number of nitrogens with one attached hydrogen (secondary N) is 1. The zero-order valence-electron chi connectivity index (χ0n) is 15.2. The Labute approximate surface area is 149 Å². The van der Waals surface area contributed by atoms with Crippen molar-refractivity contribution in [2.75, 3.05) is 6.61 Å². The van der Waals surface area contributed by atoms with E-state index in [0.29, 0.717) is 36.6 Å². The van der Waals surface area contributed by atoms with E-state index in [0.717, 1.165) is 23.1 Å². The minimum Gasteiger partial charge on any atom is -0.449 e. The highest BCUT2D eigenvalue weighted by atomic mass is 16.6. The van der Waals surface area contributed by atoms with Gasteiger partial charge in [0.2, 0.25) is 0 Å². The van der Waals surface area contributed by atoms with Gasteiger partial charge in [0.1, 0.15) is 0 Å². The van der Waals surface area contributed by atoms with Crippen molar-refractivity contribution in [3.8, 4) is 0 Å². The van der Waals surface area contributed by atoms with Gasteiger partial charge in [0.05, 0.1) is 24.4 Å². The second kappa shape index (κ2) is 5.87. The molecule has 3 aliphatic rings. The number of carbonyl (C=O) groups excluding carboxylic acids is 1. The largest absolute Gasteiger partial charge is 0.449 e. The van der Waals surface area contributed by atoms with Crippen LogP contribution in [0.1, 0.15) is 44.7 Å². The van der Waals surface area contributed by atoms with Gasteiger partial charge in [0.25, 0.3) is 0 Å². The molecular weight excluding hydrogens is 314 g/mol. The standard InChI is InChI=1S/C21H27NO3/c1-12(2)13-6-5-7-16(9-13)21(3,4)22-20(23)24-11-15-8-14-10-17(15)19-18(14)25-19/h5-7,9,14-15,17-19H,1,8,10-11H2,2-4H3,(H,22,23). The van der Waals surface area contributed by atoms with E-state index < -0.39 is 5.54 Å². The monoisotopic (exact) mass is 341 g/mol. The van der Waals surface area contributed by atoms with Crippen molar-refractivity contribution in [3.05, 3.63) is 42.0 Å². The molecule has 5 unspecified atom stereocenters. The van der Waals surface area contributed by atoms with Gasteiger partial charge in [0, 0.05) is 0 Å². The fourth-order valence-electron chi connectivity index (χ4n) is 4.64. The molecule has 1 heterocycles. The van der Waals surface area contributed by atoms with Gasteiger partial charge in [-0.2, -0.15) is 0 Å². The fourth-order valence-corrected chi connectivity index (χ4v) is 4.64. The number of rotatable bonds is 5. The Morgan fingerprint density at radius 1 is 1.36 bits per heavy atom. The second-order valence-electron chi connectivity index (χ2n) is 8.43. The molecule has 1 saturated heterocycles. The number of hydrogen-bond acceptors (Lipinski definition) is 3. The Bertz CT molecular complexity index is 711. The van der Waals surface area contributed by atoms with E-state index in [1.165, 1.54) is 6.42 Å². The molecule has 4 rings (SSSR count). The lowest BCUT2D eigenvalue weighted by Gasteiger charge is -2.28. The topological polar surface area (TPSA) is 50.9 Å². The average molecular weight is 341 g/mol. The van der Waals surface area contributed by atoms with Crippen molar-refractivity contribution < 1.29 is 14.3 Å². The molecule has 2 bridgehead atoms. The second-order valence-corrected chi connectivity index (χ2v) is 8.43. The molecule has 0 radical (unpaired) electrons. The summed E-state index contributed by atoms with van der Waals surface area (Å²) in [4.78, 5) is 12.3. The highest BCUT2D eigenvalue weighted by Crippen LogP contribution is 2.58. The molecule has 4 nitrogen and oxygen atoms in total. The van der Waals surface area contributed by atoms with E-state index in [-0.39, 0.29) is 6.09 Å². The van der Waals surface area contributed by atoms with Crippen LogP contribution in [0.3, 0.4) is 0 Å². The normalized spacial score (nSPS) is 32.2. The number of allylic oxidation sites excluding steroid dienone is 1. The van der Waals surface area contributed by atoms with Crippen molar-refractivity contribution >= 4 is 11.7 Å². The first-order chi connectivity index (χ1) is 11.8. The number of epoxide rings is 1. The summed E-state index contributed by atoms with van der Waals surface area (Å²) >= 11 is 0. The summed E-state index contributed by atoms with van der Waals surface area (Å²) in [6.45, 7) is 10.5. The molecule has 25 heavy (non-hydrogen) atoms. The molecule has 2 aliphatic carbocycles. The molecule has 0 aromatic heterocycles. The number of benzene rings is 1. The van der Waals surface area contributed by atoms with Gasteiger partial charge in [-0.05, 0) is 68.6 Å². The maximum absolute atomic E-state index is 12.3. The van der Waals surface area contributed by atoms with Crippen LogP contribution in [-0.2, 0) is 15.0 Å². The van der Waals surface area contributed by atoms with Crippen LogP contribution in [0.2, 0.25) is 0 Å². The molecule has 1 aromatic rings. The van der Waals surface area contributed by atoms with E-state index in [1.54, 1.807) is 0 Å². The van der Waals surface area contributed by atoms with Gasteiger partial charge >= 0.3 is 6.09 Å². The van der Waals surface area contributed by atoms with Crippen molar-refractivity contribution in [2.45, 2.75) is 51.4 Å². The smallest absolute Gasteiger partial charge is 0.407 e. The van der Waals surface area contributed by atoms with Crippen molar-refractivity contribution in [2.24, 2.45) is 17.8 Å². The SMILES string of the molecule is C=C(C)c1cccc(C(C)(C)NC(=O)OCC2CC3CC2C2OC32)c1. The number of amides is 1. The summed E-state index contributed by atoms with van der Waals surface area (Å²) in [6, 6.07) is 8.12. The number of fused-ring (bicyclic) bond motifs is 5. The summed E-state index contributed by atoms with van der Waals surface area (Å²) in [5.74, 6) is 1.77. The Balaban J connectivity index is 1.33. The number of alkyl carbamates (subject to hydrolysis) is 1. The lowest BCUT2D eigenvalue weighted by Crippen LogP contribution is -2.42. The van der Waals surface area contributed by atoms with Crippen LogP contribution in [-0.4, -0.2) is 24.9 Å². The lowest BCUT2D eigenvalue weighted by atomic mass is 9.89. The summed E-state index contributed by atoms with van der Waals surface area (Å²) < 4.78 is 11.2. The van der Waals surface area contributed by atoms with Crippen molar-refractivity contribution in [3.63, 3.8) is 0 Å². The number of hydrogen-bond donors (Lipinski definition) is 1. The molecule has 1 amide bonds. The third-order valence-corrected chi connectivity index (χ3v) is 6.15. The van der Waals surface area contributed by atoms with Crippen LogP contribution in [0.15, 0.2) is 30.8 Å². The molecule has 134 valence electrons. The molecule has 1 aromatic carbocycles. The molecular formula is C21H27NO3. The third kappa shape index (κ3) is 3.08. The predicted molar refractivity (Wildman–Crippen MR) is 97.0 cm³/mol. The first-order valence-corrected chi connectivity index (χ1v) is 9.22. The van der Waals surface area contributed by atoms with Crippen molar-refractivity contribution in [1.82, 2.24) is 5.32 Å². The Morgan fingerprint density at radius 3 is 2.84 bits per heavy atom. The zero-order chi connectivity index (χ0) is 17.8. The summed E-state index contributed by atoms with van der Waals surface area (Å²) in [6.07, 6.45) is 3.03. The van der Waals surface area contributed by atoms with Crippen molar-refractivity contribution in [1.29, 1.82) is 0 Å². The van der Waals surface area contributed by atoms with E-state index in [4.69, 9.17) is 9.47 Å². The van der Waals surface area contributed by atoms with E-state index in [2.05, 4.69) is 18.0 Å². The summed E-state index contributed by atoms with van der Waals surface area (Å²) in [7, 11) is 0. The third-order valence-electron chi connectivity index (χ3n) is 6.15. The number of ether oxygens (including phenoxy) is 2. The Morgan fingerprint density at radius 2 is 2.16 bits per heavy atom. The van der Waals surface area contributed by atoms with Gasteiger partial charge in [0.15, 0.2) is 0 Å². The maximum Gasteiger partial charge on any atom is 0.407 e. The molecule has 2 saturated carbocycles. The van der Waals surface area contributed by atoms with E-state index in [1.807, 2.05) is 39.0 Å². The molecule has 3 fully saturated rings. The molecule has 0 spiro atoms. The first-order valence-electron chi connectivity index (χ1n) is 9.22. The predicted octanol–water partition coefficient (Wildman–Crippen LogP) is 4.10. The molecule has 1 N–H and O–H groups in total. The van der Waals surface area contributed by atoms with E-state index in [9.17, 15) is 4.79 Å². The van der Waals surface area contributed by atoms with Gasteiger partial charge in [-0.1, -0.05) is 30.4 Å². The quantitative estimate of drug-likeness (QED) is 0.820. The highest BCUT2D eigenvalue weighted by Gasteiger charge is 2.63. The van der Waals surface area contributed by atoms with Gasteiger partial charge in [-0.25, -0.2) is 4.79 Å². The van der Waals surface area contributed by atoms with Gasteiger partial charge in [-0.3, -0.25) is 0 Å². The zero-order valence-corrected chi connectivity index (χ0v) is 15.2. The first kappa shape index (κ1) is 16.6. The maximum atomic E-state index is 12.3. The van der Waals surface area contributed by atoms with Gasteiger partial charge in [-0.15, -0.1) is 0 Å². The van der Waals surface area contributed by atoms with Crippen LogP contribution >= 0.6 is 0 Å². The molecule has 4 heteroatoms. The minimum atomic E-state index is -0.498. The van der Waals surface area contributed by atoms with Crippen LogP contribution in [0.25, 0.3) is 5.57 Å². The Hall–Kier alpha value is -1.81. The highest BCUT2D eigenvalue weighted by molar-refractivity contribution is 5.69. The summed E-state index contributed by atoms with van der Waals surface area (Å²) in [5.41, 5.74) is 2.64. The number of carbonyl (C=O) groups is 1. The van der Waals surface area contributed by atoms with Crippen LogP contribution in [0.4, 0.5) is 4.79 Å². The fraction of sp³-hybridized carbons (Fsp3) is 0.571. The van der Waals surface area contributed by atoms with Crippen LogP contribution in [0, 0.1) is 17.8 Å².